The average Bonchev–Trinajstić information content (AvgIpc) is 2.67. The van der Waals surface area contributed by atoms with Crippen molar-refractivity contribution in [2.45, 2.75) is 26.3 Å². The van der Waals surface area contributed by atoms with Crippen LogP contribution in [0.15, 0.2) is 53.8 Å². The van der Waals surface area contributed by atoms with Crippen LogP contribution >= 0.6 is 0 Å². The highest BCUT2D eigenvalue weighted by molar-refractivity contribution is 6.12. The summed E-state index contributed by atoms with van der Waals surface area (Å²) in [5, 5.41) is 12.1. The number of fused-ring (bicyclic) bond motifs is 1. The first-order valence-electron chi connectivity index (χ1n) is 8.39. The van der Waals surface area contributed by atoms with E-state index >= 15 is 0 Å². The molecule has 0 saturated heterocycles. The number of aliphatic imine (C=N–C) groups is 1. The van der Waals surface area contributed by atoms with E-state index in [-0.39, 0.29) is 17.8 Å². The van der Waals surface area contributed by atoms with E-state index in [4.69, 9.17) is 4.74 Å². The zero-order valence-electron chi connectivity index (χ0n) is 14.6. The lowest BCUT2D eigenvalue weighted by molar-refractivity contribution is -0.118. The first-order valence-corrected chi connectivity index (χ1v) is 8.39. The maximum Gasteiger partial charge on any atom is 0.313 e. The Morgan fingerprint density at radius 2 is 2.19 bits per heavy atom. The predicted molar refractivity (Wildman–Crippen MR) is 98.7 cm³/mol. The molecule has 1 aromatic carbocycles. The quantitative estimate of drug-likeness (QED) is 0.522. The van der Waals surface area contributed by atoms with E-state index in [2.05, 4.69) is 15.3 Å². The Balaban J connectivity index is 2.10. The maximum atomic E-state index is 12.8. The first kappa shape index (κ1) is 17.4. The number of ether oxygens (including phenoxy) is 1. The van der Waals surface area contributed by atoms with E-state index in [1.165, 1.54) is 0 Å². The van der Waals surface area contributed by atoms with Crippen LogP contribution in [-0.2, 0) is 4.79 Å². The van der Waals surface area contributed by atoms with E-state index in [0.29, 0.717) is 17.1 Å². The van der Waals surface area contributed by atoms with Crippen molar-refractivity contribution in [2.24, 2.45) is 10.9 Å². The molecule has 0 unspecified atom stereocenters. The third-order valence-electron chi connectivity index (χ3n) is 4.35. The fourth-order valence-electron chi connectivity index (χ4n) is 2.89. The van der Waals surface area contributed by atoms with Gasteiger partial charge in [0.15, 0.2) is 0 Å². The maximum absolute atomic E-state index is 12.8. The van der Waals surface area contributed by atoms with Gasteiger partial charge in [-0.3, -0.25) is 14.7 Å². The number of carbonyl (C=O) groups excluding carboxylic acids is 1. The fourth-order valence-corrected chi connectivity index (χ4v) is 2.89. The molecule has 2 heterocycles. The topological polar surface area (TPSA) is 90.6 Å². The number of hydrogen-bond donors (Lipinski definition) is 1. The van der Waals surface area contributed by atoms with Crippen LogP contribution in [0.1, 0.15) is 20.3 Å². The number of nitrogens with zero attached hydrogens (tertiary/aromatic N) is 4. The number of nitrogens with one attached hydrogen (secondary N) is 1. The first-order chi connectivity index (χ1) is 12.7. The van der Waals surface area contributed by atoms with Crippen LogP contribution in [0.25, 0.3) is 0 Å². The van der Waals surface area contributed by atoms with E-state index in [0.717, 1.165) is 6.42 Å². The molecule has 2 aromatic rings. The lowest BCUT2D eigenvalue weighted by Crippen LogP contribution is -2.55. The van der Waals surface area contributed by atoms with Gasteiger partial charge in [0.25, 0.3) is 0 Å². The third kappa shape index (κ3) is 3.35. The molecule has 1 aliphatic heterocycles. The van der Waals surface area contributed by atoms with Crippen LogP contribution < -0.4 is 15.0 Å². The Bertz CT molecular complexity index is 860. The summed E-state index contributed by atoms with van der Waals surface area (Å²) in [4.78, 5) is 22.4. The fraction of sp³-hybridized carbons (Fsp3) is 0.263. The Morgan fingerprint density at radius 3 is 2.88 bits per heavy atom. The molecule has 7 nitrogen and oxygen atoms in total. The molecule has 1 aliphatic rings. The van der Waals surface area contributed by atoms with Gasteiger partial charge in [-0.1, -0.05) is 38.5 Å². The number of anilines is 2. The summed E-state index contributed by atoms with van der Waals surface area (Å²) in [5.41, 5.74) is 1.24. The molecule has 0 aliphatic carbocycles. The zero-order valence-corrected chi connectivity index (χ0v) is 14.6. The predicted octanol–water partition coefficient (Wildman–Crippen LogP) is 3.17. The lowest BCUT2D eigenvalue weighted by Gasteiger charge is -2.39. The minimum Gasteiger partial charge on any atom is -0.425 e. The average molecular weight is 349 g/mol. The second-order valence-electron chi connectivity index (χ2n) is 5.99. The Labute approximate surface area is 151 Å². The Morgan fingerprint density at radius 1 is 1.42 bits per heavy atom. The lowest BCUT2D eigenvalue weighted by atomic mass is 9.94. The molecule has 132 valence electrons. The standard InChI is InChI=1S/C19H19N5O2/c1-3-13(2)17-18(25)23-15-11-21-10-9-16(15)24(17)19(22-12-20)26-14-7-5-4-6-8-14/h4-11,13,17H,3H2,1-2H3,(H,23,25)/b22-19-/t13-,17-/m0/s1. The molecule has 0 bridgehead atoms. The molecule has 1 amide bonds. The van der Waals surface area contributed by atoms with Gasteiger partial charge in [-0.05, 0) is 24.1 Å². The minimum absolute atomic E-state index is 0.0135. The third-order valence-corrected chi connectivity index (χ3v) is 4.35. The van der Waals surface area contributed by atoms with Gasteiger partial charge in [0, 0.05) is 6.20 Å². The van der Waals surface area contributed by atoms with Crippen LogP contribution in [-0.4, -0.2) is 23.0 Å². The highest BCUT2D eigenvalue weighted by atomic mass is 16.5. The van der Waals surface area contributed by atoms with Crippen LogP contribution in [0.5, 0.6) is 5.75 Å². The number of para-hydroxylation sites is 1. The summed E-state index contributed by atoms with van der Waals surface area (Å²) in [6.07, 6.45) is 5.76. The molecule has 3 rings (SSSR count). The van der Waals surface area contributed by atoms with Crippen molar-refractivity contribution >= 4 is 23.3 Å². The summed E-state index contributed by atoms with van der Waals surface area (Å²) in [7, 11) is 0. The smallest absolute Gasteiger partial charge is 0.313 e. The van der Waals surface area contributed by atoms with Gasteiger partial charge in [0.2, 0.25) is 12.1 Å². The number of amidine groups is 1. The number of hydrogen-bond acceptors (Lipinski definition) is 5. The van der Waals surface area contributed by atoms with Gasteiger partial charge in [-0.25, -0.2) is 0 Å². The molecule has 0 spiro atoms. The molecule has 0 fully saturated rings. The van der Waals surface area contributed by atoms with Crippen LogP contribution in [0, 0.1) is 17.4 Å². The zero-order chi connectivity index (χ0) is 18.5. The second kappa shape index (κ2) is 7.66. The molecular weight excluding hydrogens is 330 g/mol. The van der Waals surface area contributed by atoms with Gasteiger partial charge in [0.05, 0.1) is 17.6 Å². The van der Waals surface area contributed by atoms with E-state index in [9.17, 15) is 10.1 Å². The number of pyridine rings is 1. The molecule has 1 N–H and O–H groups in total. The minimum atomic E-state index is -0.550. The van der Waals surface area contributed by atoms with E-state index in [1.54, 1.807) is 41.7 Å². The van der Waals surface area contributed by atoms with Crippen molar-refractivity contribution in [1.82, 2.24) is 4.98 Å². The van der Waals surface area contributed by atoms with Gasteiger partial charge >= 0.3 is 6.02 Å². The number of nitriles is 1. The normalized spacial score (nSPS) is 17.7. The summed E-state index contributed by atoms with van der Waals surface area (Å²) < 4.78 is 5.88. The molecular formula is C19H19N5O2. The molecule has 0 radical (unpaired) electrons. The highest BCUT2D eigenvalue weighted by Crippen LogP contribution is 2.35. The summed E-state index contributed by atoms with van der Waals surface area (Å²) in [6.45, 7) is 3.99. The van der Waals surface area contributed by atoms with Crippen molar-refractivity contribution in [2.75, 3.05) is 10.2 Å². The molecule has 26 heavy (non-hydrogen) atoms. The SMILES string of the molecule is CC[C@H](C)[C@H]1C(=O)Nc2cnccc2N1/C(=N/C#N)Oc1ccccc1. The van der Waals surface area contributed by atoms with Crippen LogP contribution in [0.2, 0.25) is 0 Å². The molecule has 7 heteroatoms. The highest BCUT2D eigenvalue weighted by Gasteiger charge is 2.40. The van der Waals surface area contributed by atoms with Crippen molar-refractivity contribution < 1.29 is 9.53 Å². The van der Waals surface area contributed by atoms with E-state index < -0.39 is 6.04 Å². The van der Waals surface area contributed by atoms with Crippen LogP contribution in [0.3, 0.4) is 0 Å². The van der Waals surface area contributed by atoms with Crippen LogP contribution in [0.4, 0.5) is 11.4 Å². The second-order valence-corrected chi connectivity index (χ2v) is 5.99. The molecule has 0 saturated carbocycles. The van der Waals surface area contributed by atoms with Crippen molar-refractivity contribution in [3.63, 3.8) is 0 Å². The van der Waals surface area contributed by atoms with Gasteiger partial charge in [-0.15, -0.1) is 4.99 Å². The number of rotatable bonds is 3. The van der Waals surface area contributed by atoms with Gasteiger partial charge in [0.1, 0.15) is 11.8 Å². The summed E-state index contributed by atoms with van der Waals surface area (Å²) >= 11 is 0. The van der Waals surface area contributed by atoms with Gasteiger partial charge in [-0.2, -0.15) is 5.26 Å². The van der Waals surface area contributed by atoms with Crippen molar-refractivity contribution in [3.05, 3.63) is 48.8 Å². The monoisotopic (exact) mass is 349 g/mol. The number of carbonyl (C=O) groups is 1. The summed E-state index contributed by atoms with van der Waals surface area (Å²) in [5.74, 6) is 0.368. The molecule has 1 aromatic heterocycles. The number of amides is 1. The number of benzene rings is 1. The Kier molecular flexibility index (Phi) is 5.13. The molecule has 2 atom stereocenters. The largest absolute Gasteiger partial charge is 0.425 e. The number of aromatic nitrogens is 1. The van der Waals surface area contributed by atoms with Crippen molar-refractivity contribution in [1.29, 1.82) is 5.26 Å². The van der Waals surface area contributed by atoms with Crippen molar-refractivity contribution in [3.8, 4) is 11.9 Å². The van der Waals surface area contributed by atoms with Gasteiger partial charge < -0.3 is 10.1 Å². The Hall–Kier alpha value is -3.40. The van der Waals surface area contributed by atoms with E-state index in [1.807, 2.05) is 32.0 Å². The summed E-state index contributed by atoms with van der Waals surface area (Å²) in [6, 6.07) is 10.3.